The smallest absolute Gasteiger partial charge is 0.329 e. The van der Waals surface area contributed by atoms with Crippen LogP contribution in [0, 0.1) is 0 Å². The van der Waals surface area contributed by atoms with Crippen LogP contribution in [0.4, 0.5) is 8.78 Å². The van der Waals surface area contributed by atoms with E-state index in [1.807, 2.05) is 0 Å². The molecule has 174 valence electrons. The van der Waals surface area contributed by atoms with E-state index in [0.29, 0.717) is 29.2 Å². The van der Waals surface area contributed by atoms with Gasteiger partial charge in [0.05, 0.1) is 43.1 Å². The van der Waals surface area contributed by atoms with Crippen LogP contribution in [0.5, 0.6) is 11.5 Å². The number of aromatic nitrogens is 2. The summed E-state index contributed by atoms with van der Waals surface area (Å²) in [7, 11) is -2.11. The van der Waals surface area contributed by atoms with Gasteiger partial charge in [-0.25, -0.2) is 22.0 Å². The van der Waals surface area contributed by atoms with Gasteiger partial charge in [-0.15, -0.1) is 0 Å². The number of imidazole rings is 1. The molecule has 1 atom stereocenters. The fraction of sp³-hybridized carbons (Fsp3) is 0.381. The molecule has 0 bridgehead atoms. The monoisotopic (exact) mass is 488 g/mol. The number of alkyl halides is 2. The van der Waals surface area contributed by atoms with E-state index in [-0.39, 0.29) is 10.5 Å². The van der Waals surface area contributed by atoms with Crippen molar-refractivity contribution in [2.24, 2.45) is 0 Å². The second kappa shape index (κ2) is 9.50. The number of hydrogen-bond donors (Lipinski definition) is 0. The lowest BCUT2D eigenvalue weighted by molar-refractivity contribution is 0.126. The first kappa shape index (κ1) is 24.1. The van der Waals surface area contributed by atoms with Gasteiger partial charge in [0.2, 0.25) is 0 Å². The van der Waals surface area contributed by atoms with E-state index < -0.39 is 40.3 Å². The standard InChI is InChI=1S/C21H23ClF2N2O5S/c1-4-31-19-9-13(5-8-18(19)30-2)17(12-32(3,28)29)26-15-7-6-14(22)10-16(15)25(21(26)27)11-20(23)24/h5-10,17,20H,4,11-12H2,1-3H3. The minimum Gasteiger partial charge on any atom is -0.493 e. The van der Waals surface area contributed by atoms with Crippen molar-refractivity contribution in [2.75, 3.05) is 25.7 Å². The molecule has 1 heterocycles. The summed E-state index contributed by atoms with van der Waals surface area (Å²) in [5.74, 6) is 0.382. The van der Waals surface area contributed by atoms with Gasteiger partial charge in [0, 0.05) is 11.3 Å². The Balaban J connectivity index is 2.31. The maximum Gasteiger partial charge on any atom is 0.329 e. The summed E-state index contributed by atoms with van der Waals surface area (Å²) in [6.45, 7) is 1.27. The molecule has 0 spiro atoms. The van der Waals surface area contributed by atoms with Crippen molar-refractivity contribution >= 4 is 32.5 Å². The number of ether oxygens (including phenoxy) is 2. The van der Waals surface area contributed by atoms with Crippen LogP contribution in [0.3, 0.4) is 0 Å². The molecular weight excluding hydrogens is 466 g/mol. The summed E-state index contributed by atoms with van der Waals surface area (Å²) in [6, 6.07) is 8.27. The van der Waals surface area contributed by atoms with E-state index >= 15 is 0 Å². The molecule has 3 aromatic rings. The Morgan fingerprint density at radius 3 is 2.41 bits per heavy atom. The molecule has 32 heavy (non-hydrogen) atoms. The van der Waals surface area contributed by atoms with Crippen LogP contribution >= 0.6 is 11.6 Å². The summed E-state index contributed by atoms with van der Waals surface area (Å²) in [4.78, 5) is 13.3. The maximum absolute atomic E-state index is 13.3. The Kier molecular flexibility index (Phi) is 7.14. The topological polar surface area (TPSA) is 79.5 Å². The SMILES string of the molecule is CCOc1cc(C(CS(C)(=O)=O)n2c(=O)n(CC(F)F)c3cc(Cl)ccc32)ccc1OC. The first-order valence-electron chi connectivity index (χ1n) is 9.72. The summed E-state index contributed by atoms with van der Waals surface area (Å²) in [6.07, 6.45) is -1.74. The second-order valence-corrected chi connectivity index (χ2v) is 9.86. The van der Waals surface area contributed by atoms with E-state index in [0.717, 1.165) is 10.8 Å². The second-order valence-electron chi connectivity index (χ2n) is 7.24. The van der Waals surface area contributed by atoms with Gasteiger partial charge in [-0.3, -0.25) is 9.13 Å². The predicted octanol–water partition coefficient (Wildman–Crippen LogP) is 3.76. The molecule has 0 fully saturated rings. The third-order valence-corrected chi connectivity index (χ3v) is 6.05. The molecule has 11 heteroatoms. The van der Waals surface area contributed by atoms with Crippen LogP contribution in [-0.2, 0) is 16.4 Å². The number of rotatable bonds is 9. The molecule has 0 aliphatic rings. The fourth-order valence-corrected chi connectivity index (χ4v) is 4.73. The highest BCUT2D eigenvalue weighted by Gasteiger charge is 2.27. The molecule has 1 unspecified atom stereocenters. The highest BCUT2D eigenvalue weighted by atomic mass is 35.5. The largest absolute Gasteiger partial charge is 0.493 e. The first-order valence-corrected chi connectivity index (χ1v) is 12.2. The first-order chi connectivity index (χ1) is 15.1. The number of fused-ring (bicyclic) bond motifs is 1. The molecule has 0 saturated heterocycles. The van der Waals surface area contributed by atoms with Crippen molar-refractivity contribution in [3.63, 3.8) is 0 Å². The van der Waals surface area contributed by atoms with Crippen molar-refractivity contribution < 1.29 is 26.7 Å². The number of methoxy groups -OCH3 is 1. The molecule has 0 saturated carbocycles. The Bertz CT molecular complexity index is 1290. The van der Waals surface area contributed by atoms with Crippen LogP contribution in [0.2, 0.25) is 5.02 Å². The fourth-order valence-electron chi connectivity index (χ4n) is 3.64. The van der Waals surface area contributed by atoms with Gasteiger partial charge < -0.3 is 9.47 Å². The molecule has 0 aliphatic carbocycles. The lowest BCUT2D eigenvalue weighted by Gasteiger charge is -2.20. The average molecular weight is 489 g/mol. The van der Waals surface area contributed by atoms with E-state index in [4.69, 9.17) is 21.1 Å². The molecular formula is C21H23ClF2N2O5S. The number of benzene rings is 2. The molecule has 7 nitrogen and oxygen atoms in total. The zero-order chi connectivity index (χ0) is 23.6. The van der Waals surface area contributed by atoms with Crippen molar-refractivity contribution in [3.8, 4) is 11.5 Å². The zero-order valence-electron chi connectivity index (χ0n) is 17.7. The Labute approximate surface area is 189 Å². The van der Waals surface area contributed by atoms with Crippen molar-refractivity contribution in [1.29, 1.82) is 0 Å². The third-order valence-electron chi connectivity index (χ3n) is 4.89. The number of halogens is 3. The Morgan fingerprint density at radius 2 is 1.81 bits per heavy atom. The number of sulfone groups is 1. The van der Waals surface area contributed by atoms with E-state index in [2.05, 4.69) is 0 Å². The summed E-state index contributed by atoms with van der Waals surface area (Å²) < 4.78 is 64.0. The average Bonchev–Trinajstić information content (AvgIpc) is 2.96. The van der Waals surface area contributed by atoms with Crippen LogP contribution in [0.15, 0.2) is 41.2 Å². The lowest BCUT2D eigenvalue weighted by atomic mass is 10.1. The minimum atomic E-state index is -3.58. The molecule has 0 amide bonds. The zero-order valence-corrected chi connectivity index (χ0v) is 19.3. The van der Waals surface area contributed by atoms with Gasteiger partial charge in [-0.1, -0.05) is 17.7 Å². The lowest BCUT2D eigenvalue weighted by Crippen LogP contribution is -2.32. The number of hydrogen-bond acceptors (Lipinski definition) is 5. The van der Waals surface area contributed by atoms with Crippen molar-refractivity contribution in [1.82, 2.24) is 9.13 Å². The maximum atomic E-state index is 13.3. The van der Waals surface area contributed by atoms with Gasteiger partial charge >= 0.3 is 5.69 Å². The van der Waals surface area contributed by atoms with Crippen molar-refractivity contribution in [3.05, 3.63) is 57.5 Å². The van der Waals surface area contributed by atoms with Crippen LogP contribution in [-0.4, -0.2) is 49.7 Å². The van der Waals surface area contributed by atoms with Gasteiger partial charge in [-0.2, -0.15) is 0 Å². The molecule has 3 rings (SSSR count). The van der Waals surface area contributed by atoms with Gasteiger partial charge in [-0.05, 0) is 42.8 Å². The Morgan fingerprint density at radius 1 is 1.09 bits per heavy atom. The molecule has 1 aromatic heterocycles. The molecule has 0 N–H and O–H groups in total. The van der Waals surface area contributed by atoms with Crippen LogP contribution in [0.1, 0.15) is 18.5 Å². The third kappa shape index (κ3) is 5.07. The molecule has 0 aliphatic heterocycles. The predicted molar refractivity (Wildman–Crippen MR) is 119 cm³/mol. The highest BCUT2D eigenvalue weighted by molar-refractivity contribution is 7.90. The van der Waals surface area contributed by atoms with E-state index in [1.54, 1.807) is 25.1 Å². The van der Waals surface area contributed by atoms with E-state index in [1.165, 1.54) is 29.9 Å². The van der Waals surface area contributed by atoms with Gasteiger partial charge in [0.1, 0.15) is 9.84 Å². The summed E-state index contributed by atoms with van der Waals surface area (Å²) >= 11 is 6.04. The quantitative estimate of drug-likeness (QED) is 0.458. The normalized spacial score (nSPS) is 13.0. The summed E-state index contributed by atoms with van der Waals surface area (Å²) in [5.41, 5.74) is 0.181. The molecule has 2 aromatic carbocycles. The van der Waals surface area contributed by atoms with Gasteiger partial charge in [0.25, 0.3) is 6.43 Å². The molecule has 0 radical (unpaired) electrons. The van der Waals surface area contributed by atoms with Gasteiger partial charge in [0.15, 0.2) is 11.5 Å². The van der Waals surface area contributed by atoms with Crippen LogP contribution in [0.25, 0.3) is 11.0 Å². The van der Waals surface area contributed by atoms with E-state index in [9.17, 15) is 22.0 Å². The summed E-state index contributed by atoms with van der Waals surface area (Å²) in [5, 5.41) is 0.264. The van der Waals surface area contributed by atoms with Crippen LogP contribution < -0.4 is 15.2 Å². The highest BCUT2D eigenvalue weighted by Crippen LogP contribution is 2.33. The minimum absolute atomic E-state index is 0.194. The number of nitrogens with zero attached hydrogens (tertiary/aromatic N) is 2. The Hall–Kier alpha value is -2.59. The van der Waals surface area contributed by atoms with Crippen molar-refractivity contribution in [2.45, 2.75) is 25.9 Å².